The second-order valence-electron chi connectivity index (χ2n) is 4.98. The van der Waals surface area contributed by atoms with Gasteiger partial charge in [0.1, 0.15) is 0 Å². The standard InChI is InChI=1S/C14H23N3/c1-15-7-9-16(2)11-12-4-5-14-13(10-12)6-8-17(14)3/h4-5,10,15H,6-9,11H2,1-3H3. The molecule has 0 atom stereocenters. The molecule has 0 aliphatic carbocycles. The number of nitrogens with one attached hydrogen (secondary N) is 1. The Balaban J connectivity index is 1.98. The van der Waals surface area contributed by atoms with Gasteiger partial charge in [-0.15, -0.1) is 0 Å². The average molecular weight is 233 g/mol. The van der Waals surface area contributed by atoms with Crippen LogP contribution in [0, 0.1) is 0 Å². The summed E-state index contributed by atoms with van der Waals surface area (Å²) in [5, 5.41) is 3.18. The molecule has 0 amide bonds. The summed E-state index contributed by atoms with van der Waals surface area (Å²) in [6.07, 6.45) is 1.19. The van der Waals surface area contributed by atoms with E-state index in [4.69, 9.17) is 0 Å². The third-order valence-electron chi connectivity index (χ3n) is 3.47. The molecule has 1 aromatic carbocycles. The van der Waals surface area contributed by atoms with E-state index in [0.29, 0.717) is 0 Å². The number of benzene rings is 1. The second-order valence-corrected chi connectivity index (χ2v) is 4.98. The highest BCUT2D eigenvalue weighted by Crippen LogP contribution is 2.27. The molecule has 0 fully saturated rings. The number of likely N-dealkylation sites (N-methyl/N-ethyl adjacent to an activating group) is 3. The fraction of sp³-hybridized carbons (Fsp3) is 0.571. The van der Waals surface area contributed by atoms with Gasteiger partial charge in [0.25, 0.3) is 0 Å². The highest BCUT2D eigenvalue weighted by molar-refractivity contribution is 5.58. The summed E-state index contributed by atoms with van der Waals surface area (Å²) in [7, 11) is 6.35. The van der Waals surface area contributed by atoms with Crippen LogP contribution in [-0.4, -0.2) is 45.7 Å². The molecule has 94 valence electrons. The fourth-order valence-corrected chi connectivity index (χ4v) is 2.41. The molecule has 1 aromatic rings. The van der Waals surface area contributed by atoms with Crippen LogP contribution in [0.15, 0.2) is 18.2 Å². The fourth-order valence-electron chi connectivity index (χ4n) is 2.41. The highest BCUT2D eigenvalue weighted by Gasteiger charge is 2.15. The lowest BCUT2D eigenvalue weighted by molar-refractivity contribution is 0.328. The molecule has 2 rings (SSSR count). The molecular formula is C14H23N3. The number of fused-ring (bicyclic) bond motifs is 1. The molecule has 1 aliphatic heterocycles. The summed E-state index contributed by atoms with van der Waals surface area (Å²) in [5.74, 6) is 0. The van der Waals surface area contributed by atoms with E-state index >= 15 is 0 Å². The van der Waals surface area contributed by atoms with E-state index in [2.05, 4.69) is 47.4 Å². The zero-order valence-corrected chi connectivity index (χ0v) is 11.2. The number of nitrogens with zero attached hydrogens (tertiary/aromatic N) is 2. The average Bonchev–Trinajstić information content (AvgIpc) is 2.68. The van der Waals surface area contributed by atoms with E-state index in [1.807, 2.05) is 7.05 Å². The van der Waals surface area contributed by atoms with Crippen molar-refractivity contribution in [2.24, 2.45) is 0 Å². The Bertz CT molecular complexity index is 376. The van der Waals surface area contributed by atoms with Crippen molar-refractivity contribution < 1.29 is 0 Å². The van der Waals surface area contributed by atoms with Crippen molar-refractivity contribution in [2.75, 3.05) is 45.7 Å². The SMILES string of the molecule is CNCCN(C)Cc1ccc2c(c1)CCN2C. The van der Waals surface area contributed by atoms with Crippen molar-refractivity contribution in [3.63, 3.8) is 0 Å². The Hall–Kier alpha value is -1.06. The van der Waals surface area contributed by atoms with Gasteiger partial charge in [-0.3, -0.25) is 0 Å². The first-order valence-electron chi connectivity index (χ1n) is 6.37. The number of hydrogen-bond acceptors (Lipinski definition) is 3. The first-order chi connectivity index (χ1) is 8.20. The predicted octanol–water partition coefficient (Wildman–Crippen LogP) is 1.33. The maximum atomic E-state index is 3.18. The molecule has 0 bridgehead atoms. The maximum absolute atomic E-state index is 3.18. The van der Waals surface area contributed by atoms with Gasteiger partial charge in [-0.25, -0.2) is 0 Å². The van der Waals surface area contributed by atoms with Crippen LogP contribution in [0.25, 0.3) is 0 Å². The van der Waals surface area contributed by atoms with Crippen molar-refractivity contribution in [3.05, 3.63) is 29.3 Å². The molecule has 17 heavy (non-hydrogen) atoms. The van der Waals surface area contributed by atoms with Crippen LogP contribution in [0.3, 0.4) is 0 Å². The number of hydrogen-bond donors (Lipinski definition) is 1. The van der Waals surface area contributed by atoms with Crippen LogP contribution in [0.4, 0.5) is 5.69 Å². The zero-order chi connectivity index (χ0) is 12.3. The minimum atomic E-state index is 1.04. The monoisotopic (exact) mass is 233 g/mol. The van der Waals surface area contributed by atoms with Crippen LogP contribution in [0.1, 0.15) is 11.1 Å². The lowest BCUT2D eigenvalue weighted by atomic mass is 10.1. The lowest BCUT2D eigenvalue weighted by Crippen LogP contribution is -2.26. The molecule has 3 nitrogen and oxygen atoms in total. The molecular weight excluding hydrogens is 210 g/mol. The summed E-state index contributed by atoms with van der Waals surface area (Å²) in [6.45, 7) is 4.34. The van der Waals surface area contributed by atoms with E-state index in [9.17, 15) is 0 Å². The third-order valence-corrected chi connectivity index (χ3v) is 3.47. The smallest absolute Gasteiger partial charge is 0.0397 e. The van der Waals surface area contributed by atoms with Crippen LogP contribution in [0.2, 0.25) is 0 Å². The van der Waals surface area contributed by atoms with Crippen LogP contribution < -0.4 is 10.2 Å². The molecule has 0 spiro atoms. The van der Waals surface area contributed by atoms with Gasteiger partial charge in [0.05, 0.1) is 0 Å². The Morgan fingerprint density at radius 1 is 1.41 bits per heavy atom. The molecule has 1 heterocycles. The topological polar surface area (TPSA) is 18.5 Å². The summed E-state index contributed by atoms with van der Waals surface area (Å²) < 4.78 is 0. The van der Waals surface area contributed by atoms with E-state index < -0.39 is 0 Å². The van der Waals surface area contributed by atoms with Crippen molar-refractivity contribution in [3.8, 4) is 0 Å². The van der Waals surface area contributed by atoms with Gasteiger partial charge in [0.2, 0.25) is 0 Å². The minimum absolute atomic E-state index is 1.04. The highest BCUT2D eigenvalue weighted by atomic mass is 15.1. The Morgan fingerprint density at radius 3 is 3.00 bits per heavy atom. The maximum Gasteiger partial charge on any atom is 0.0397 e. The number of rotatable bonds is 5. The second kappa shape index (κ2) is 5.52. The Morgan fingerprint density at radius 2 is 2.24 bits per heavy atom. The number of anilines is 1. The summed E-state index contributed by atoms with van der Waals surface area (Å²) in [6, 6.07) is 6.90. The lowest BCUT2D eigenvalue weighted by Gasteiger charge is -2.17. The normalized spacial score (nSPS) is 14.5. The van der Waals surface area contributed by atoms with Gasteiger partial charge in [-0.2, -0.15) is 0 Å². The van der Waals surface area contributed by atoms with E-state index in [-0.39, 0.29) is 0 Å². The summed E-state index contributed by atoms with van der Waals surface area (Å²) >= 11 is 0. The Labute approximate surface area is 104 Å². The molecule has 3 heteroatoms. The van der Waals surface area contributed by atoms with Crippen molar-refractivity contribution in [1.82, 2.24) is 10.2 Å². The van der Waals surface area contributed by atoms with Crippen LogP contribution >= 0.6 is 0 Å². The van der Waals surface area contributed by atoms with Crippen molar-refractivity contribution in [2.45, 2.75) is 13.0 Å². The third kappa shape index (κ3) is 2.99. The van der Waals surface area contributed by atoms with Crippen LogP contribution in [-0.2, 0) is 13.0 Å². The van der Waals surface area contributed by atoms with Crippen molar-refractivity contribution >= 4 is 5.69 Å². The van der Waals surface area contributed by atoms with Crippen LogP contribution in [0.5, 0.6) is 0 Å². The van der Waals surface area contributed by atoms with Gasteiger partial charge in [0, 0.05) is 38.9 Å². The molecule has 1 N–H and O–H groups in total. The molecule has 0 saturated carbocycles. The van der Waals surface area contributed by atoms with Gasteiger partial charge in [-0.05, 0) is 37.7 Å². The van der Waals surface area contributed by atoms with Gasteiger partial charge < -0.3 is 15.1 Å². The minimum Gasteiger partial charge on any atom is -0.374 e. The van der Waals surface area contributed by atoms with Crippen molar-refractivity contribution in [1.29, 1.82) is 0 Å². The Kier molecular flexibility index (Phi) is 4.02. The molecule has 0 saturated heterocycles. The molecule has 0 radical (unpaired) electrons. The molecule has 0 aromatic heterocycles. The van der Waals surface area contributed by atoms with Gasteiger partial charge in [-0.1, -0.05) is 12.1 Å². The predicted molar refractivity (Wildman–Crippen MR) is 73.7 cm³/mol. The summed E-state index contributed by atoms with van der Waals surface area (Å²) in [5.41, 5.74) is 4.34. The quantitative estimate of drug-likeness (QED) is 0.828. The van der Waals surface area contributed by atoms with E-state index in [1.54, 1.807) is 0 Å². The van der Waals surface area contributed by atoms with E-state index in [0.717, 1.165) is 26.2 Å². The molecule has 1 aliphatic rings. The zero-order valence-electron chi connectivity index (χ0n) is 11.2. The first kappa shape index (κ1) is 12.4. The largest absolute Gasteiger partial charge is 0.374 e. The first-order valence-corrected chi connectivity index (χ1v) is 6.37. The van der Waals surface area contributed by atoms with E-state index in [1.165, 1.54) is 23.2 Å². The summed E-state index contributed by atoms with van der Waals surface area (Å²) in [4.78, 5) is 4.70. The van der Waals surface area contributed by atoms with Gasteiger partial charge in [0.15, 0.2) is 0 Å². The van der Waals surface area contributed by atoms with Gasteiger partial charge >= 0.3 is 0 Å². The molecule has 0 unspecified atom stereocenters.